The van der Waals surface area contributed by atoms with Crippen LogP contribution in [-0.2, 0) is 16.0 Å². The van der Waals surface area contributed by atoms with Gasteiger partial charge in [-0.15, -0.1) is 0 Å². The van der Waals surface area contributed by atoms with E-state index in [4.69, 9.17) is 23.9 Å². The van der Waals surface area contributed by atoms with Gasteiger partial charge in [-0.25, -0.2) is 0 Å². The van der Waals surface area contributed by atoms with E-state index in [9.17, 15) is 0 Å². The first-order valence-electron chi connectivity index (χ1n) is 11.2. The predicted octanol–water partition coefficient (Wildman–Crippen LogP) is 1.41. The van der Waals surface area contributed by atoms with Gasteiger partial charge in [0.05, 0.1) is 44.4 Å². The fourth-order valence-corrected chi connectivity index (χ4v) is 4.01. The quantitative estimate of drug-likeness (QED) is 0.641. The maximum absolute atomic E-state index is 5.97. The van der Waals surface area contributed by atoms with Gasteiger partial charge >= 0.3 is 6.01 Å². The fourth-order valence-electron chi connectivity index (χ4n) is 4.01. The first-order valence-corrected chi connectivity index (χ1v) is 11.2. The summed E-state index contributed by atoms with van der Waals surface area (Å²) in [4.78, 5) is 18.7. The summed E-state index contributed by atoms with van der Waals surface area (Å²) >= 11 is 0. The van der Waals surface area contributed by atoms with Crippen LogP contribution < -0.4 is 14.4 Å². The largest absolute Gasteiger partial charge is 0.487 e. The van der Waals surface area contributed by atoms with Gasteiger partial charge in [-0.05, 0) is 12.1 Å². The van der Waals surface area contributed by atoms with Crippen molar-refractivity contribution >= 4 is 11.5 Å². The third kappa shape index (κ3) is 5.17. The summed E-state index contributed by atoms with van der Waals surface area (Å²) in [6.45, 7) is 8.75. The van der Waals surface area contributed by atoms with Crippen LogP contribution in [0.3, 0.4) is 0 Å². The Morgan fingerprint density at radius 2 is 1.75 bits per heavy atom. The zero-order valence-electron chi connectivity index (χ0n) is 18.2. The second-order valence-corrected chi connectivity index (χ2v) is 7.95. The zero-order valence-corrected chi connectivity index (χ0v) is 18.2. The highest BCUT2D eigenvalue weighted by Gasteiger charge is 2.19. The van der Waals surface area contributed by atoms with Crippen LogP contribution in [0.4, 0.5) is 5.82 Å². The Labute approximate surface area is 188 Å². The summed E-state index contributed by atoms with van der Waals surface area (Å²) in [6.07, 6.45) is 0. The molecule has 2 aromatic rings. The topological polar surface area (TPSA) is 81.5 Å². The van der Waals surface area contributed by atoms with Crippen molar-refractivity contribution in [1.82, 2.24) is 14.9 Å². The number of para-hydroxylation sites is 1. The molecule has 4 heterocycles. The highest BCUT2D eigenvalue weighted by atomic mass is 16.5. The molecule has 1 aromatic heterocycles. The van der Waals surface area contributed by atoms with E-state index in [0.717, 1.165) is 74.5 Å². The second kappa shape index (κ2) is 10.2. The van der Waals surface area contributed by atoms with Gasteiger partial charge in [-0.1, -0.05) is 12.1 Å². The van der Waals surface area contributed by atoms with Crippen molar-refractivity contribution in [2.75, 3.05) is 77.3 Å². The number of benzene rings is 1. The van der Waals surface area contributed by atoms with E-state index < -0.39 is 0 Å². The minimum atomic E-state index is 0.403. The first kappa shape index (κ1) is 21.1. The summed E-state index contributed by atoms with van der Waals surface area (Å²) in [5.41, 5.74) is 2.83. The van der Waals surface area contributed by atoms with E-state index in [1.807, 2.05) is 30.3 Å². The Morgan fingerprint density at radius 3 is 2.59 bits per heavy atom. The number of aromatic nitrogens is 2. The van der Waals surface area contributed by atoms with E-state index >= 15 is 0 Å². The van der Waals surface area contributed by atoms with Crippen LogP contribution in [0, 0.1) is 0 Å². The van der Waals surface area contributed by atoms with Crippen molar-refractivity contribution in [2.45, 2.75) is 6.54 Å². The molecule has 0 atom stereocenters. The van der Waals surface area contributed by atoms with Crippen LogP contribution in [0.1, 0.15) is 11.3 Å². The molecule has 0 bridgehead atoms. The molecule has 5 rings (SSSR count). The van der Waals surface area contributed by atoms with Crippen molar-refractivity contribution < 1.29 is 18.9 Å². The molecule has 32 heavy (non-hydrogen) atoms. The summed E-state index contributed by atoms with van der Waals surface area (Å²) < 4.78 is 22.6. The molecule has 3 aliphatic rings. The SMILES string of the molecule is c1ccc2c(c1)OCC2=NCc1cc(N2CCOCC2)nc(OCCN2CCOCC2)n1. The van der Waals surface area contributed by atoms with Gasteiger partial charge in [0.1, 0.15) is 24.8 Å². The highest BCUT2D eigenvalue weighted by Crippen LogP contribution is 2.25. The van der Waals surface area contributed by atoms with Crippen LogP contribution >= 0.6 is 0 Å². The fraction of sp³-hybridized carbons (Fsp3) is 0.522. The number of hydrogen-bond donors (Lipinski definition) is 0. The van der Waals surface area contributed by atoms with Gasteiger partial charge in [-0.2, -0.15) is 9.97 Å². The van der Waals surface area contributed by atoms with Crippen molar-refractivity contribution in [3.8, 4) is 11.8 Å². The van der Waals surface area contributed by atoms with E-state index in [2.05, 4.69) is 19.8 Å². The van der Waals surface area contributed by atoms with Gasteiger partial charge in [0.25, 0.3) is 0 Å². The van der Waals surface area contributed by atoms with Crippen LogP contribution in [-0.4, -0.2) is 92.9 Å². The molecule has 0 spiro atoms. The lowest BCUT2D eigenvalue weighted by atomic mass is 10.1. The molecule has 170 valence electrons. The van der Waals surface area contributed by atoms with E-state index in [1.165, 1.54) is 0 Å². The average Bonchev–Trinajstić information content (AvgIpc) is 3.27. The summed E-state index contributed by atoms with van der Waals surface area (Å²) in [5, 5.41) is 0. The number of ether oxygens (including phenoxy) is 4. The molecule has 0 saturated carbocycles. The lowest BCUT2D eigenvalue weighted by molar-refractivity contribution is 0.0317. The molecule has 0 aliphatic carbocycles. The Bertz CT molecular complexity index is 942. The third-order valence-corrected chi connectivity index (χ3v) is 5.82. The standard InChI is InChI=1S/C23H29N5O4/c1-2-4-21-19(3-1)20(17-32-21)24-16-18-15-22(28-8-12-30-13-9-28)26-23(25-18)31-14-7-27-5-10-29-11-6-27/h1-4,15H,5-14,16-17H2. The Hall–Kier alpha value is -2.75. The number of fused-ring (bicyclic) bond motifs is 1. The predicted molar refractivity (Wildman–Crippen MR) is 120 cm³/mol. The van der Waals surface area contributed by atoms with Crippen LogP contribution in [0.2, 0.25) is 0 Å². The number of aliphatic imine (C=N–C) groups is 1. The van der Waals surface area contributed by atoms with E-state index in [0.29, 0.717) is 39.0 Å². The van der Waals surface area contributed by atoms with Crippen molar-refractivity contribution in [3.05, 3.63) is 41.6 Å². The summed E-state index contributed by atoms with van der Waals surface area (Å²) in [7, 11) is 0. The van der Waals surface area contributed by atoms with Gasteiger partial charge in [0.2, 0.25) is 0 Å². The molecule has 0 radical (unpaired) electrons. The molecule has 9 heteroatoms. The molecule has 2 saturated heterocycles. The third-order valence-electron chi connectivity index (χ3n) is 5.82. The zero-order chi connectivity index (χ0) is 21.6. The number of nitrogens with zero attached hydrogens (tertiary/aromatic N) is 5. The van der Waals surface area contributed by atoms with Gasteiger partial charge in [-0.3, -0.25) is 9.89 Å². The normalized spacial score (nSPS) is 20.2. The minimum Gasteiger partial charge on any atom is -0.487 e. The Morgan fingerprint density at radius 1 is 0.969 bits per heavy atom. The van der Waals surface area contributed by atoms with Crippen LogP contribution in [0.25, 0.3) is 0 Å². The molecule has 9 nitrogen and oxygen atoms in total. The Kier molecular flexibility index (Phi) is 6.76. The first-order chi connectivity index (χ1) is 15.8. The average molecular weight is 440 g/mol. The molecule has 1 aromatic carbocycles. The van der Waals surface area contributed by atoms with E-state index in [1.54, 1.807) is 0 Å². The monoisotopic (exact) mass is 439 g/mol. The summed E-state index contributed by atoms with van der Waals surface area (Å²) in [6, 6.07) is 10.4. The van der Waals surface area contributed by atoms with Crippen molar-refractivity contribution in [2.24, 2.45) is 4.99 Å². The Balaban J connectivity index is 1.30. The molecule has 0 unspecified atom stereocenters. The number of rotatable bonds is 7. The lowest BCUT2D eigenvalue weighted by Crippen LogP contribution is -2.39. The molecule has 3 aliphatic heterocycles. The smallest absolute Gasteiger partial charge is 0.318 e. The van der Waals surface area contributed by atoms with Gasteiger partial charge in [0, 0.05) is 44.4 Å². The molecular formula is C23H29N5O4. The maximum atomic E-state index is 5.97. The van der Waals surface area contributed by atoms with Crippen LogP contribution in [0.15, 0.2) is 35.3 Å². The second-order valence-electron chi connectivity index (χ2n) is 7.95. The number of morpholine rings is 2. The highest BCUT2D eigenvalue weighted by molar-refractivity contribution is 6.06. The van der Waals surface area contributed by atoms with Gasteiger partial charge in [0.15, 0.2) is 0 Å². The molecule has 2 fully saturated rings. The number of anilines is 1. The van der Waals surface area contributed by atoms with Crippen molar-refractivity contribution in [3.63, 3.8) is 0 Å². The molecular weight excluding hydrogens is 410 g/mol. The molecule has 0 N–H and O–H groups in total. The molecule has 0 amide bonds. The lowest BCUT2D eigenvalue weighted by Gasteiger charge is -2.28. The van der Waals surface area contributed by atoms with Crippen molar-refractivity contribution in [1.29, 1.82) is 0 Å². The summed E-state index contributed by atoms with van der Waals surface area (Å²) in [5.74, 6) is 1.75. The minimum absolute atomic E-state index is 0.403. The van der Waals surface area contributed by atoms with Crippen LogP contribution in [0.5, 0.6) is 11.8 Å². The van der Waals surface area contributed by atoms with E-state index in [-0.39, 0.29) is 0 Å². The maximum Gasteiger partial charge on any atom is 0.318 e. The number of hydrogen-bond acceptors (Lipinski definition) is 9. The van der Waals surface area contributed by atoms with Gasteiger partial charge < -0.3 is 23.8 Å².